The molecule has 0 atom stereocenters. The van der Waals surface area contributed by atoms with Crippen LogP contribution in [-0.4, -0.2) is 17.6 Å². The number of aryl methyl sites for hydroxylation is 1. The van der Waals surface area contributed by atoms with Gasteiger partial charge >= 0.3 is 5.97 Å². The molecule has 4 heteroatoms. The van der Waals surface area contributed by atoms with E-state index < -0.39 is 0 Å². The van der Waals surface area contributed by atoms with Gasteiger partial charge < -0.3 is 10.5 Å². The molecule has 2 N–H and O–H groups in total. The summed E-state index contributed by atoms with van der Waals surface area (Å²) in [5.74, 6) is -0.318. The summed E-state index contributed by atoms with van der Waals surface area (Å²) in [6.07, 6.45) is 4.14. The van der Waals surface area contributed by atoms with Crippen LogP contribution in [0.15, 0.2) is 42.7 Å². The lowest BCUT2D eigenvalue weighted by atomic mass is 10.1. The van der Waals surface area contributed by atoms with E-state index in [1.54, 1.807) is 30.6 Å². The van der Waals surface area contributed by atoms with E-state index in [0.29, 0.717) is 24.3 Å². The van der Waals surface area contributed by atoms with Gasteiger partial charge in [-0.05, 0) is 42.3 Å². The zero-order chi connectivity index (χ0) is 13.7. The molecule has 98 valence electrons. The van der Waals surface area contributed by atoms with Crippen LogP contribution < -0.4 is 5.73 Å². The Kier molecular flexibility index (Phi) is 4.13. The molecule has 2 rings (SSSR count). The second-order valence-electron chi connectivity index (χ2n) is 4.32. The largest absolute Gasteiger partial charge is 0.462 e. The molecule has 0 saturated heterocycles. The Morgan fingerprint density at radius 2 is 2.21 bits per heavy atom. The fourth-order valence-electron chi connectivity index (χ4n) is 1.80. The second-order valence-corrected chi connectivity index (χ2v) is 4.32. The lowest BCUT2D eigenvalue weighted by Gasteiger charge is -2.07. The van der Waals surface area contributed by atoms with Crippen LogP contribution in [0.4, 0.5) is 5.69 Å². The number of benzene rings is 1. The van der Waals surface area contributed by atoms with Gasteiger partial charge in [0.25, 0.3) is 0 Å². The topological polar surface area (TPSA) is 65.2 Å². The monoisotopic (exact) mass is 256 g/mol. The molecule has 0 aliphatic rings. The summed E-state index contributed by atoms with van der Waals surface area (Å²) in [5, 5.41) is 0. The zero-order valence-electron chi connectivity index (χ0n) is 10.8. The van der Waals surface area contributed by atoms with Crippen LogP contribution in [0.3, 0.4) is 0 Å². The minimum absolute atomic E-state index is 0.318. The van der Waals surface area contributed by atoms with Gasteiger partial charge in [0.1, 0.15) is 0 Å². The smallest absolute Gasteiger partial charge is 0.338 e. The third-order valence-corrected chi connectivity index (χ3v) is 2.82. The van der Waals surface area contributed by atoms with Crippen molar-refractivity contribution in [2.24, 2.45) is 0 Å². The Morgan fingerprint density at radius 3 is 2.89 bits per heavy atom. The number of anilines is 1. The van der Waals surface area contributed by atoms with Gasteiger partial charge in [0, 0.05) is 24.5 Å². The molecule has 1 aromatic heterocycles. The van der Waals surface area contributed by atoms with E-state index in [-0.39, 0.29) is 5.97 Å². The van der Waals surface area contributed by atoms with Gasteiger partial charge in [-0.2, -0.15) is 0 Å². The van der Waals surface area contributed by atoms with Gasteiger partial charge in [-0.25, -0.2) is 4.79 Å². The number of hydrogen-bond acceptors (Lipinski definition) is 4. The first-order valence-electron chi connectivity index (χ1n) is 6.09. The van der Waals surface area contributed by atoms with E-state index in [1.807, 2.05) is 19.1 Å². The molecule has 4 nitrogen and oxygen atoms in total. The molecule has 19 heavy (non-hydrogen) atoms. The van der Waals surface area contributed by atoms with E-state index in [0.717, 1.165) is 11.1 Å². The molecule has 0 unspecified atom stereocenters. The number of pyridine rings is 1. The van der Waals surface area contributed by atoms with Crippen LogP contribution >= 0.6 is 0 Å². The summed E-state index contributed by atoms with van der Waals surface area (Å²) in [6.45, 7) is 2.18. The fourth-order valence-corrected chi connectivity index (χ4v) is 1.80. The van der Waals surface area contributed by atoms with E-state index in [2.05, 4.69) is 4.98 Å². The zero-order valence-corrected chi connectivity index (χ0v) is 10.8. The molecule has 0 fully saturated rings. The molecule has 2 aromatic rings. The highest BCUT2D eigenvalue weighted by molar-refractivity contribution is 5.91. The molecular weight excluding hydrogens is 240 g/mol. The Bertz CT molecular complexity index is 568. The van der Waals surface area contributed by atoms with Crippen molar-refractivity contribution in [3.8, 4) is 0 Å². The van der Waals surface area contributed by atoms with Crippen LogP contribution in [0, 0.1) is 6.92 Å². The van der Waals surface area contributed by atoms with Crippen molar-refractivity contribution in [2.75, 3.05) is 12.3 Å². The number of carbonyl (C=O) groups excluding carboxylic acids is 1. The van der Waals surface area contributed by atoms with Crippen LogP contribution in [-0.2, 0) is 11.2 Å². The number of carbonyl (C=O) groups is 1. The Balaban J connectivity index is 1.91. The average molecular weight is 256 g/mol. The van der Waals surface area contributed by atoms with Gasteiger partial charge in [-0.15, -0.1) is 0 Å². The van der Waals surface area contributed by atoms with Crippen LogP contribution in [0.2, 0.25) is 0 Å². The molecule has 0 aliphatic carbocycles. The van der Waals surface area contributed by atoms with Crippen molar-refractivity contribution >= 4 is 11.7 Å². The number of aromatic nitrogens is 1. The average Bonchev–Trinajstić information content (AvgIpc) is 2.39. The third-order valence-electron chi connectivity index (χ3n) is 2.82. The molecule has 0 aliphatic heterocycles. The normalized spacial score (nSPS) is 10.2. The van der Waals surface area contributed by atoms with Crippen molar-refractivity contribution in [1.29, 1.82) is 0 Å². The minimum atomic E-state index is -0.318. The van der Waals surface area contributed by atoms with Crippen molar-refractivity contribution in [3.05, 3.63) is 59.4 Å². The maximum atomic E-state index is 11.9. The molecule has 0 bridgehead atoms. The number of nitrogen functional groups attached to an aromatic ring is 1. The highest BCUT2D eigenvalue weighted by atomic mass is 16.5. The number of esters is 1. The molecule has 0 amide bonds. The van der Waals surface area contributed by atoms with Crippen LogP contribution in [0.25, 0.3) is 0 Å². The summed E-state index contributed by atoms with van der Waals surface area (Å²) in [4.78, 5) is 15.9. The lowest BCUT2D eigenvalue weighted by molar-refractivity contribution is 0.0508. The second kappa shape index (κ2) is 6.00. The highest BCUT2D eigenvalue weighted by Crippen LogP contribution is 2.13. The van der Waals surface area contributed by atoms with Gasteiger partial charge in [-0.1, -0.05) is 6.07 Å². The molecule has 0 spiro atoms. The Labute approximate surface area is 112 Å². The number of nitrogens with two attached hydrogens (primary N) is 1. The van der Waals surface area contributed by atoms with Crippen LogP contribution in [0.1, 0.15) is 21.5 Å². The molecular formula is C15H16N2O2. The molecule has 0 saturated carbocycles. The first kappa shape index (κ1) is 13.1. The summed E-state index contributed by atoms with van der Waals surface area (Å²) in [6, 6.07) is 8.97. The van der Waals surface area contributed by atoms with Crippen molar-refractivity contribution < 1.29 is 9.53 Å². The standard InChI is InChI=1S/C15H16N2O2/c1-11-9-13(16)4-5-14(11)15(18)19-8-6-12-3-2-7-17-10-12/h2-5,7,9-10H,6,8,16H2,1H3. The third kappa shape index (κ3) is 3.55. The molecule has 0 radical (unpaired) electrons. The number of ether oxygens (including phenoxy) is 1. The van der Waals surface area contributed by atoms with E-state index >= 15 is 0 Å². The fraction of sp³-hybridized carbons (Fsp3) is 0.200. The first-order chi connectivity index (χ1) is 9.16. The van der Waals surface area contributed by atoms with E-state index in [9.17, 15) is 4.79 Å². The first-order valence-corrected chi connectivity index (χ1v) is 6.09. The van der Waals surface area contributed by atoms with Crippen molar-refractivity contribution in [3.63, 3.8) is 0 Å². The summed E-state index contributed by atoms with van der Waals surface area (Å²) in [7, 11) is 0. The van der Waals surface area contributed by atoms with Crippen LogP contribution in [0.5, 0.6) is 0 Å². The van der Waals surface area contributed by atoms with Crippen molar-refractivity contribution in [1.82, 2.24) is 4.98 Å². The maximum absolute atomic E-state index is 11.9. The summed E-state index contributed by atoms with van der Waals surface area (Å²) >= 11 is 0. The maximum Gasteiger partial charge on any atom is 0.338 e. The van der Waals surface area contributed by atoms with Gasteiger partial charge in [0.15, 0.2) is 0 Å². The predicted molar refractivity (Wildman–Crippen MR) is 73.8 cm³/mol. The van der Waals surface area contributed by atoms with E-state index in [4.69, 9.17) is 10.5 Å². The Hall–Kier alpha value is -2.36. The van der Waals surface area contributed by atoms with E-state index in [1.165, 1.54) is 0 Å². The predicted octanol–water partition coefficient (Wildman–Crippen LogP) is 2.37. The summed E-state index contributed by atoms with van der Waals surface area (Å²) < 4.78 is 5.25. The summed E-state index contributed by atoms with van der Waals surface area (Å²) in [5.41, 5.74) is 8.71. The quantitative estimate of drug-likeness (QED) is 0.673. The highest BCUT2D eigenvalue weighted by Gasteiger charge is 2.10. The van der Waals surface area contributed by atoms with Gasteiger partial charge in [-0.3, -0.25) is 4.98 Å². The number of hydrogen-bond donors (Lipinski definition) is 1. The number of rotatable bonds is 4. The SMILES string of the molecule is Cc1cc(N)ccc1C(=O)OCCc1cccnc1. The van der Waals surface area contributed by atoms with Gasteiger partial charge in [0.05, 0.1) is 12.2 Å². The van der Waals surface area contributed by atoms with Gasteiger partial charge in [0.2, 0.25) is 0 Å². The molecule has 1 aromatic carbocycles. The minimum Gasteiger partial charge on any atom is -0.462 e. The van der Waals surface area contributed by atoms with Crippen molar-refractivity contribution in [2.45, 2.75) is 13.3 Å². The molecule has 1 heterocycles. The Morgan fingerprint density at radius 1 is 1.37 bits per heavy atom. The number of nitrogens with zero attached hydrogens (tertiary/aromatic N) is 1. The lowest BCUT2D eigenvalue weighted by Crippen LogP contribution is -2.10.